The number of piperidine rings is 1. The van der Waals surface area contributed by atoms with Crippen LogP contribution in [-0.2, 0) is 16.0 Å². The Morgan fingerprint density at radius 1 is 1.03 bits per heavy atom. The van der Waals surface area contributed by atoms with E-state index < -0.39 is 0 Å². The van der Waals surface area contributed by atoms with Crippen LogP contribution in [0.4, 0.5) is 0 Å². The SMILES string of the molecule is O=C1CCCCN1CCC(=O)N1CCc2c([nH]c3ccccc23)C1c1ccccc1Cl. The van der Waals surface area contributed by atoms with E-state index in [1.54, 1.807) is 0 Å². The van der Waals surface area contributed by atoms with E-state index in [0.717, 1.165) is 42.6 Å². The van der Waals surface area contributed by atoms with Crippen molar-refractivity contribution in [3.8, 4) is 0 Å². The van der Waals surface area contributed by atoms with Gasteiger partial charge < -0.3 is 14.8 Å². The molecule has 6 heteroatoms. The zero-order valence-corrected chi connectivity index (χ0v) is 18.2. The molecule has 2 aliphatic rings. The summed E-state index contributed by atoms with van der Waals surface area (Å²) < 4.78 is 0. The van der Waals surface area contributed by atoms with Crippen molar-refractivity contribution in [2.45, 2.75) is 38.1 Å². The second-order valence-corrected chi connectivity index (χ2v) is 8.82. The molecule has 1 aromatic heterocycles. The smallest absolute Gasteiger partial charge is 0.225 e. The molecule has 0 radical (unpaired) electrons. The second kappa shape index (κ2) is 8.39. The minimum absolute atomic E-state index is 0.0626. The fraction of sp³-hybridized carbons (Fsp3) is 0.360. The van der Waals surface area contributed by atoms with Crippen molar-refractivity contribution < 1.29 is 9.59 Å². The molecule has 2 aliphatic heterocycles. The molecule has 0 aliphatic carbocycles. The maximum Gasteiger partial charge on any atom is 0.225 e. The van der Waals surface area contributed by atoms with Crippen molar-refractivity contribution in [1.82, 2.24) is 14.8 Å². The molecule has 1 atom stereocenters. The number of benzene rings is 2. The van der Waals surface area contributed by atoms with Gasteiger partial charge in [-0.15, -0.1) is 0 Å². The molecule has 0 bridgehead atoms. The highest BCUT2D eigenvalue weighted by Crippen LogP contribution is 2.40. The third-order valence-corrected chi connectivity index (χ3v) is 6.92. The number of rotatable bonds is 4. The fourth-order valence-corrected chi connectivity index (χ4v) is 5.24. The summed E-state index contributed by atoms with van der Waals surface area (Å²) >= 11 is 6.61. The molecule has 2 aromatic carbocycles. The molecule has 5 nitrogen and oxygen atoms in total. The number of H-pyrrole nitrogens is 1. The van der Waals surface area contributed by atoms with Gasteiger partial charge in [0, 0.05) is 54.1 Å². The first-order valence-corrected chi connectivity index (χ1v) is 11.4. The van der Waals surface area contributed by atoms with Gasteiger partial charge in [0.2, 0.25) is 11.8 Å². The van der Waals surface area contributed by atoms with Crippen molar-refractivity contribution in [3.63, 3.8) is 0 Å². The number of hydrogen-bond donors (Lipinski definition) is 1. The fourth-order valence-electron chi connectivity index (χ4n) is 5.00. The average molecular weight is 436 g/mol. The van der Waals surface area contributed by atoms with Crippen LogP contribution in [-0.4, -0.2) is 46.2 Å². The molecule has 3 aromatic rings. The lowest BCUT2D eigenvalue weighted by atomic mass is 9.92. The standard InChI is InChI=1S/C25H26ClN3O2/c26-20-9-3-1-8-19(20)25-24-18(17-7-2-4-10-21(17)27-24)12-16-29(25)23(31)13-15-28-14-6-5-11-22(28)30/h1-4,7-10,25,27H,5-6,11-16H2. The number of fused-ring (bicyclic) bond motifs is 3. The van der Waals surface area contributed by atoms with E-state index in [2.05, 4.69) is 17.1 Å². The molecule has 160 valence electrons. The number of amides is 2. The van der Waals surface area contributed by atoms with Crippen molar-refractivity contribution >= 4 is 34.3 Å². The van der Waals surface area contributed by atoms with Gasteiger partial charge in [-0.2, -0.15) is 0 Å². The molecule has 1 unspecified atom stereocenters. The first-order chi connectivity index (χ1) is 15.1. The highest BCUT2D eigenvalue weighted by Gasteiger charge is 2.35. The van der Waals surface area contributed by atoms with Gasteiger partial charge in [0.25, 0.3) is 0 Å². The van der Waals surface area contributed by atoms with Gasteiger partial charge in [-0.3, -0.25) is 9.59 Å². The van der Waals surface area contributed by atoms with Crippen LogP contribution in [0.15, 0.2) is 48.5 Å². The van der Waals surface area contributed by atoms with Crippen LogP contribution in [0.1, 0.15) is 48.5 Å². The zero-order valence-electron chi connectivity index (χ0n) is 17.4. The van der Waals surface area contributed by atoms with Gasteiger partial charge in [-0.05, 0) is 42.5 Å². The lowest BCUT2D eigenvalue weighted by Gasteiger charge is -2.37. The third-order valence-electron chi connectivity index (χ3n) is 6.57. The molecule has 1 N–H and O–H groups in total. The Balaban J connectivity index is 1.48. The highest BCUT2D eigenvalue weighted by atomic mass is 35.5. The number of nitrogens with zero attached hydrogens (tertiary/aromatic N) is 2. The number of likely N-dealkylation sites (tertiary alicyclic amines) is 1. The summed E-state index contributed by atoms with van der Waals surface area (Å²) in [5.41, 5.74) is 4.32. The van der Waals surface area contributed by atoms with E-state index in [0.29, 0.717) is 31.0 Å². The van der Waals surface area contributed by atoms with Gasteiger partial charge in [0.05, 0.1) is 6.04 Å². The molecule has 2 amide bonds. The number of nitrogens with one attached hydrogen (secondary N) is 1. The van der Waals surface area contributed by atoms with Crippen LogP contribution in [0.5, 0.6) is 0 Å². The summed E-state index contributed by atoms with van der Waals surface area (Å²) in [6.45, 7) is 1.88. The lowest BCUT2D eigenvalue weighted by Crippen LogP contribution is -2.43. The highest BCUT2D eigenvalue weighted by molar-refractivity contribution is 6.31. The molecular weight excluding hydrogens is 410 g/mol. The number of carbonyl (C=O) groups is 2. The monoisotopic (exact) mass is 435 g/mol. The van der Waals surface area contributed by atoms with E-state index in [4.69, 9.17) is 11.6 Å². The molecule has 0 spiro atoms. The zero-order chi connectivity index (χ0) is 21.4. The number of hydrogen-bond acceptors (Lipinski definition) is 2. The summed E-state index contributed by atoms with van der Waals surface area (Å²) in [6, 6.07) is 15.8. The first kappa shape index (κ1) is 20.1. The summed E-state index contributed by atoms with van der Waals surface area (Å²) in [5.74, 6) is 0.228. The molecular formula is C25H26ClN3O2. The molecule has 1 saturated heterocycles. The van der Waals surface area contributed by atoms with Crippen molar-refractivity contribution in [2.75, 3.05) is 19.6 Å². The molecule has 1 fully saturated rings. The maximum atomic E-state index is 13.4. The van der Waals surface area contributed by atoms with Crippen LogP contribution in [0.25, 0.3) is 10.9 Å². The summed E-state index contributed by atoms with van der Waals surface area (Å²) in [5, 5.41) is 1.86. The molecule has 3 heterocycles. The quantitative estimate of drug-likeness (QED) is 0.645. The van der Waals surface area contributed by atoms with Crippen LogP contribution in [0, 0.1) is 0 Å². The van der Waals surface area contributed by atoms with Crippen LogP contribution in [0.2, 0.25) is 5.02 Å². The maximum absolute atomic E-state index is 13.4. The average Bonchev–Trinajstić information content (AvgIpc) is 3.17. The minimum Gasteiger partial charge on any atom is -0.356 e. The Labute approximate surface area is 187 Å². The Bertz CT molecular complexity index is 1140. The minimum atomic E-state index is -0.255. The van der Waals surface area contributed by atoms with Gasteiger partial charge in [0.15, 0.2) is 0 Å². The third kappa shape index (κ3) is 3.72. The lowest BCUT2D eigenvalue weighted by molar-refractivity contribution is -0.136. The van der Waals surface area contributed by atoms with Crippen molar-refractivity contribution in [1.29, 1.82) is 0 Å². The normalized spacial score (nSPS) is 19.0. The van der Waals surface area contributed by atoms with Crippen molar-refractivity contribution in [3.05, 3.63) is 70.4 Å². The predicted molar refractivity (Wildman–Crippen MR) is 122 cm³/mol. The number of aromatic nitrogens is 1. The molecule has 31 heavy (non-hydrogen) atoms. The van der Waals surface area contributed by atoms with Gasteiger partial charge in [0.1, 0.15) is 0 Å². The first-order valence-electron chi connectivity index (χ1n) is 11.0. The summed E-state index contributed by atoms with van der Waals surface area (Å²) in [4.78, 5) is 32.9. The van der Waals surface area contributed by atoms with E-state index in [-0.39, 0.29) is 17.9 Å². The second-order valence-electron chi connectivity index (χ2n) is 8.41. The van der Waals surface area contributed by atoms with Crippen LogP contribution >= 0.6 is 11.6 Å². The number of carbonyl (C=O) groups excluding carboxylic acids is 2. The van der Waals surface area contributed by atoms with E-state index in [9.17, 15) is 9.59 Å². The van der Waals surface area contributed by atoms with Crippen molar-refractivity contribution in [2.24, 2.45) is 0 Å². The van der Waals surface area contributed by atoms with Gasteiger partial charge in [-0.25, -0.2) is 0 Å². The van der Waals surface area contributed by atoms with Crippen LogP contribution in [0.3, 0.4) is 0 Å². The number of halogens is 1. The van der Waals surface area contributed by atoms with Gasteiger partial charge >= 0.3 is 0 Å². The topological polar surface area (TPSA) is 56.4 Å². The molecule has 0 saturated carbocycles. The summed E-state index contributed by atoms with van der Waals surface area (Å²) in [7, 11) is 0. The van der Waals surface area contributed by atoms with Crippen LogP contribution < -0.4 is 0 Å². The Morgan fingerprint density at radius 3 is 2.68 bits per heavy atom. The Morgan fingerprint density at radius 2 is 1.84 bits per heavy atom. The number of aromatic amines is 1. The number of para-hydroxylation sites is 1. The van der Waals surface area contributed by atoms with E-state index >= 15 is 0 Å². The Hall–Kier alpha value is -2.79. The largest absolute Gasteiger partial charge is 0.356 e. The summed E-state index contributed by atoms with van der Waals surface area (Å²) in [6.07, 6.45) is 3.70. The van der Waals surface area contributed by atoms with E-state index in [1.807, 2.05) is 46.2 Å². The Kier molecular flexibility index (Phi) is 5.45. The van der Waals surface area contributed by atoms with Gasteiger partial charge in [-0.1, -0.05) is 48.0 Å². The van der Waals surface area contributed by atoms with E-state index in [1.165, 1.54) is 10.9 Å². The molecule has 5 rings (SSSR count). The predicted octanol–water partition coefficient (Wildman–Crippen LogP) is 4.70.